The molecule has 0 radical (unpaired) electrons. The molecule has 0 N–H and O–H groups in total. The number of furan rings is 1. The van der Waals surface area contributed by atoms with Crippen molar-refractivity contribution in [2.75, 3.05) is 0 Å². The van der Waals surface area contributed by atoms with Gasteiger partial charge in [0.15, 0.2) is 0 Å². The molecule has 1 aromatic heterocycles. The van der Waals surface area contributed by atoms with Crippen LogP contribution in [0.15, 0.2) is 186 Å². The van der Waals surface area contributed by atoms with E-state index in [1.807, 2.05) is 6.07 Å². The molecule has 0 saturated carbocycles. The third-order valence-corrected chi connectivity index (χ3v) is 8.47. The number of benzene rings is 7. The largest absolute Gasteiger partial charge is 0.455 e. The highest BCUT2D eigenvalue weighted by Gasteiger charge is 2.20. The summed E-state index contributed by atoms with van der Waals surface area (Å²) < 4.78 is 6.82. The monoisotopic (exact) mass is 574 g/mol. The summed E-state index contributed by atoms with van der Waals surface area (Å²) in [6.45, 7) is 0. The molecule has 0 atom stereocenters. The van der Waals surface area contributed by atoms with Crippen LogP contribution >= 0.6 is 0 Å². The lowest BCUT2D eigenvalue weighted by molar-refractivity contribution is 0.633. The van der Waals surface area contributed by atoms with E-state index >= 15 is 0 Å². The predicted octanol–water partition coefficient (Wildman–Crippen LogP) is 12.4. The van der Waals surface area contributed by atoms with Gasteiger partial charge in [-0.3, -0.25) is 0 Å². The first kappa shape index (κ1) is 26.7. The second kappa shape index (κ2) is 11.6. The lowest BCUT2D eigenvalue weighted by Crippen LogP contribution is -1.87. The quantitative estimate of drug-likeness (QED) is 0.192. The van der Waals surface area contributed by atoms with Crippen molar-refractivity contribution in [3.8, 4) is 67.0 Å². The minimum absolute atomic E-state index is 0.892. The summed E-state index contributed by atoms with van der Waals surface area (Å²) in [5.41, 5.74) is 13.6. The fourth-order valence-electron chi connectivity index (χ4n) is 6.29. The van der Waals surface area contributed by atoms with Gasteiger partial charge in [0.05, 0.1) is 0 Å². The average Bonchev–Trinajstić information content (AvgIpc) is 3.53. The Kier molecular flexibility index (Phi) is 6.90. The first-order valence-corrected chi connectivity index (χ1v) is 15.3. The number of fused-ring (bicyclic) bond motifs is 1. The molecule has 0 aliphatic carbocycles. The first-order valence-electron chi connectivity index (χ1n) is 15.3. The standard InChI is InChI=1S/C44H30O/c1-5-15-31(16-6-1)37-28-38(32-17-7-2-8-18-32)30-39(29-37)35-23-13-24-36(27-35)40-25-14-26-41-42(33-19-9-3-10-20-33)43(45-44(40)41)34-21-11-4-12-22-34/h1-30H. The molecule has 0 amide bonds. The summed E-state index contributed by atoms with van der Waals surface area (Å²) in [6.07, 6.45) is 0. The highest BCUT2D eigenvalue weighted by atomic mass is 16.3. The third kappa shape index (κ3) is 5.15. The van der Waals surface area contributed by atoms with Gasteiger partial charge in [-0.25, -0.2) is 0 Å². The minimum Gasteiger partial charge on any atom is -0.455 e. The summed E-state index contributed by atoms with van der Waals surface area (Å²) in [6, 6.07) is 64.4. The van der Waals surface area contributed by atoms with E-state index in [0.717, 1.165) is 50.1 Å². The van der Waals surface area contributed by atoms with Gasteiger partial charge < -0.3 is 4.42 Å². The smallest absolute Gasteiger partial charge is 0.143 e. The molecule has 1 heterocycles. The van der Waals surface area contributed by atoms with Crippen LogP contribution in [-0.2, 0) is 0 Å². The van der Waals surface area contributed by atoms with Crippen molar-refractivity contribution in [3.05, 3.63) is 182 Å². The number of hydrogen-bond acceptors (Lipinski definition) is 1. The van der Waals surface area contributed by atoms with E-state index in [2.05, 4.69) is 176 Å². The Morgan fingerprint density at radius 3 is 1.29 bits per heavy atom. The van der Waals surface area contributed by atoms with Crippen LogP contribution in [0.25, 0.3) is 77.9 Å². The zero-order valence-electron chi connectivity index (χ0n) is 24.7. The van der Waals surface area contributed by atoms with E-state index in [1.165, 1.54) is 27.8 Å². The fourth-order valence-corrected chi connectivity index (χ4v) is 6.29. The Balaban J connectivity index is 1.30. The zero-order valence-corrected chi connectivity index (χ0v) is 24.7. The molecule has 0 bridgehead atoms. The Morgan fingerprint density at radius 1 is 0.289 bits per heavy atom. The van der Waals surface area contributed by atoms with Crippen molar-refractivity contribution in [3.63, 3.8) is 0 Å². The number of rotatable bonds is 6. The number of hydrogen-bond donors (Lipinski definition) is 0. The molecule has 45 heavy (non-hydrogen) atoms. The van der Waals surface area contributed by atoms with E-state index in [-0.39, 0.29) is 0 Å². The molecule has 0 fully saturated rings. The Hall–Kier alpha value is -5.92. The number of para-hydroxylation sites is 1. The van der Waals surface area contributed by atoms with Crippen molar-refractivity contribution in [2.45, 2.75) is 0 Å². The third-order valence-electron chi connectivity index (χ3n) is 8.47. The van der Waals surface area contributed by atoms with Gasteiger partial charge >= 0.3 is 0 Å². The van der Waals surface area contributed by atoms with Gasteiger partial charge in [-0.2, -0.15) is 0 Å². The van der Waals surface area contributed by atoms with E-state index in [4.69, 9.17) is 4.42 Å². The molecule has 0 spiro atoms. The topological polar surface area (TPSA) is 13.1 Å². The van der Waals surface area contributed by atoms with Gasteiger partial charge in [0.1, 0.15) is 11.3 Å². The van der Waals surface area contributed by atoms with Gasteiger partial charge in [0.2, 0.25) is 0 Å². The lowest BCUT2D eigenvalue weighted by Gasteiger charge is -2.12. The van der Waals surface area contributed by atoms with Crippen LogP contribution in [0.2, 0.25) is 0 Å². The highest BCUT2D eigenvalue weighted by Crippen LogP contribution is 2.44. The SMILES string of the molecule is c1ccc(-c2cc(-c3ccccc3)cc(-c3cccc(-c4cccc5c(-c6ccccc6)c(-c6ccccc6)oc45)c3)c2)cc1. The van der Waals surface area contributed by atoms with Crippen molar-refractivity contribution in [2.24, 2.45) is 0 Å². The van der Waals surface area contributed by atoms with Gasteiger partial charge in [-0.15, -0.1) is 0 Å². The Bertz CT molecular complexity index is 2170. The van der Waals surface area contributed by atoms with Crippen LogP contribution in [0.1, 0.15) is 0 Å². The molecule has 1 heteroatoms. The fraction of sp³-hybridized carbons (Fsp3) is 0. The van der Waals surface area contributed by atoms with E-state index in [0.29, 0.717) is 0 Å². The van der Waals surface area contributed by atoms with Crippen molar-refractivity contribution in [1.82, 2.24) is 0 Å². The van der Waals surface area contributed by atoms with Crippen LogP contribution in [0.5, 0.6) is 0 Å². The molecule has 7 aromatic carbocycles. The van der Waals surface area contributed by atoms with Crippen LogP contribution < -0.4 is 0 Å². The van der Waals surface area contributed by atoms with Crippen LogP contribution in [0.4, 0.5) is 0 Å². The van der Waals surface area contributed by atoms with Crippen molar-refractivity contribution >= 4 is 11.0 Å². The van der Waals surface area contributed by atoms with Gasteiger partial charge in [-0.1, -0.05) is 158 Å². The average molecular weight is 575 g/mol. The molecule has 0 aliphatic heterocycles. The second-order valence-corrected chi connectivity index (χ2v) is 11.3. The molecule has 0 aliphatic rings. The zero-order chi connectivity index (χ0) is 30.0. The molecule has 0 saturated heterocycles. The van der Waals surface area contributed by atoms with Crippen molar-refractivity contribution in [1.29, 1.82) is 0 Å². The van der Waals surface area contributed by atoms with E-state index < -0.39 is 0 Å². The van der Waals surface area contributed by atoms with Gasteiger partial charge in [-0.05, 0) is 68.8 Å². The second-order valence-electron chi connectivity index (χ2n) is 11.3. The van der Waals surface area contributed by atoms with Crippen molar-refractivity contribution < 1.29 is 4.42 Å². The van der Waals surface area contributed by atoms with E-state index in [9.17, 15) is 0 Å². The summed E-state index contributed by atoms with van der Waals surface area (Å²) in [7, 11) is 0. The maximum atomic E-state index is 6.82. The molecule has 8 rings (SSSR count). The van der Waals surface area contributed by atoms with Crippen LogP contribution in [0.3, 0.4) is 0 Å². The summed E-state index contributed by atoms with van der Waals surface area (Å²) >= 11 is 0. The summed E-state index contributed by atoms with van der Waals surface area (Å²) in [5.74, 6) is 0.892. The van der Waals surface area contributed by atoms with Gasteiger partial charge in [0.25, 0.3) is 0 Å². The highest BCUT2D eigenvalue weighted by molar-refractivity contribution is 6.07. The minimum atomic E-state index is 0.892. The van der Waals surface area contributed by atoms with Gasteiger partial charge in [0, 0.05) is 22.1 Å². The molecule has 1 nitrogen and oxygen atoms in total. The predicted molar refractivity (Wildman–Crippen MR) is 189 cm³/mol. The maximum Gasteiger partial charge on any atom is 0.143 e. The molecule has 8 aromatic rings. The lowest BCUT2D eigenvalue weighted by atomic mass is 9.91. The van der Waals surface area contributed by atoms with Crippen LogP contribution in [0, 0.1) is 0 Å². The summed E-state index contributed by atoms with van der Waals surface area (Å²) in [5, 5.41) is 1.11. The molecule has 212 valence electrons. The Labute approximate surface area is 263 Å². The first-order chi connectivity index (χ1) is 22.3. The van der Waals surface area contributed by atoms with E-state index in [1.54, 1.807) is 0 Å². The molecule has 0 unspecified atom stereocenters. The Morgan fingerprint density at radius 2 is 0.711 bits per heavy atom. The normalized spacial score (nSPS) is 11.1. The maximum absolute atomic E-state index is 6.82. The molecular formula is C44H30O. The molecular weight excluding hydrogens is 544 g/mol. The summed E-state index contributed by atoms with van der Waals surface area (Å²) in [4.78, 5) is 0. The van der Waals surface area contributed by atoms with Crippen LogP contribution in [-0.4, -0.2) is 0 Å².